The van der Waals surface area contributed by atoms with E-state index in [2.05, 4.69) is 5.32 Å². The number of carbonyl (C=O) groups excluding carboxylic acids is 1. The van der Waals surface area contributed by atoms with Crippen LogP contribution in [0.2, 0.25) is 0 Å². The summed E-state index contributed by atoms with van der Waals surface area (Å²) in [6.07, 6.45) is 0. The molecule has 0 bridgehead atoms. The first-order valence-electron chi connectivity index (χ1n) is 12.5. The Balaban J connectivity index is 1.36. The summed E-state index contributed by atoms with van der Waals surface area (Å²) in [7, 11) is -4.04. The molecule has 1 N–H and O–H groups in total. The Morgan fingerprint density at radius 2 is 1.46 bits per heavy atom. The number of carbonyl (C=O) groups is 1. The van der Waals surface area contributed by atoms with Crippen molar-refractivity contribution in [3.05, 3.63) is 109 Å². The first-order chi connectivity index (χ1) is 18.9. The average molecular weight is 545 g/mol. The van der Waals surface area contributed by atoms with Crippen LogP contribution in [0.1, 0.15) is 18.5 Å². The fraction of sp³-hybridized carbons (Fsp3) is 0.167. The number of anilines is 1. The first-order valence-corrected chi connectivity index (χ1v) is 13.9. The van der Waals surface area contributed by atoms with Crippen LogP contribution in [0.3, 0.4) is 0 Å². The molecule has 1 heterocycles. The van der Waals surface area contributed by atoms with Gasteiger partial charge in [-0.25, -0.2) is 8.42 Å². The number of fused-ring (bicyclic) bond motifs is 1. The van der Waals surface area contributed by atoms with Crippen LogP contribution in [0.4, 0.5) is 5.69 Å². The number of para-hydroxylation sites is 1. The molecule has 1 aliphatic rings. The third kappa shape index (κ3) is 6.15. The van der Waals surface area contributed by atoms with Crippen molar-refractivity contribution in [2.45, 2.75) is 17.9 Å². The maximum absolute atomic E-state index is 13.6. The summed E-state index contributed by atoms with van der Waals surface area (Å²) in [5.74, 6) is 2.01. The number of sulfonamides is 1. The number of benzene rings is 4. The van der Waals surface area contributed by atoms with Crippen LogP contribution in [-0.4, -0.2) is 34.1 Å². The highest BCUT2D eigenvalue weighted by molar-refractivity contribution is 7.92. The van der Waals surface area contributed by atoms with E-state index in [0.717, 1.165) is 9.87 Å². The van der Waals surface area contributed by atoms with Crippen LogP contribution in [0.5, 0.6) is 23.0 Å². The van der Waals surface area contributed by atoms with Crippen LogP contribution < -0.4 is 23.8 Å². The van der Waals surface area contributed by atoms with Crippen LogP contribution in [-0.2, 0) is 14.8 Å². The molecule has 0 saturated heterocycles. The molecule has 9 heteroatoms. The highest BCUT2D eigenvalue weighted by Crippen LogP contribution is 2.33. The molecule has 1 aliphatic heterocycles. The number of ether oxygens (including phenoxy) is 3. The molecule has 4 aromatic rings. The molecule has 0 fully saturated rings. The van der Waals surface area contributed by atoms with Gasteiger partial charge in [-0.3, -0.25) is 9.10 Å². The van der Waals surface area contributed by atoms with E-state index in [1.807, 2.05) is 49.4 Å². The van der Waals surface area contributed by atoms with Crippen LogP contribution in [0.15, 0.2) is 108 Å². The van der Waals surface area contributed by atoms with E-state index < -0.39 is 28.5 Å². The fourth-order valence-corrected chi connectivity index (χ4v) is 5.61. The molecule has 39 heavy (non-hydrogen) atoms. The zero-order chi connectivity index (χ0) is 27.2. The van der Waals surface area contributed by atoms with Gasteiger partial charge in [0.05, 0.1) is 16.6 Å². The summed E-state index contributed by atoms with van der Waals surface area (Å²) in [5.41, 5.74) is 1.15. The standard InChI is InChI=1S/C30H28N2O6S/c1-22(23-12-17-28-29(20-23)37-19-18-36-28)31-30(33)21-32(39(34,35)27-10-6-3-7-11-27)24-13-15-26(16-14-24)38-25-8-4-2-5-9-25/h2-17,20,22H,18-19,21H2,1H3,(H,31,33)/t22-/m0/s1. The Morgan fingerprint density at radius 1 is 0.846 bits per heavy atom. The van der Waals surface area contributed by atoms with Gasteiger partial charge in [0, 0.05) is 0 Å². The molecule has 0 radical (unpaired) electrons. The minimum Gasteiger partial charge on any atom is -0.486 e. The maximum Gasteiger partial charge on any atom is 0.264 e. The van der Waals surface area contributed by atoms with Gasteiger partial charge in [0.2, 0.25) is 5.91 Å². The summed E-state index contributed by atoms with van der Waals surface area (Å²) < 4.78 is 45.4. The van der Waals surface area contributed by atoms with Crippen LogP contribution in [0.25, 0.3) is 0 Å². The van der Waals surface area contributed by atoms with E-state index >= 15 is 0 Å². The van der Waals surface area contributed by atoms with Crippen molar-refractivity contribution in [1.82, 2.24) is 5.32 Å². The quantitative estimate of drug-likeness (QED) is 0.306. The Labute approximate surface area is 227 Å². The van der Waals surface area contributed by atoms with Crippen LogP contribution >= 0.6 is 0 Å². The van der Waals surface area contributed by atoms with E-state index in [1.165, 1.54) is 12.1 Å². The van der Waals surface area contributed by atoms with Gasteiger partial charge in [0.15, 0.2) is 11.5 Å². The van der Waals surface area contributed by atoms with E-state index in [0.29, 0.717) is 41.9 Å². The van der Waals surface area contributed by atoms with Gasteiger partial charge in [-0.15, -0.1) is 0 Å². The molecule has 5 rings (SSSR count). The van der Waals surface area contributed by atoms with Gasteiger partial charge in [-0.05, 0) is 73.2 Å². The number of hydrogen-bond donors (Lipinski definition) is 1. The molecule has 1 atom stereocenters. The summed E-state index contributed by atoms with van der Waals surface area (Å²) in [5, 5.41) is 2.90. The zero-order valence-electron chi connectivity index (χ0n) is 21.3. The lowest BCUT2D eigenvalue weighted by Gasteiger charge is -2.25. The zero-order valence-corrected chi connectivity index (χ0v) is 22.1. The summed E-state index contributed by atoms with van der Waals surface area (Å²) in [6, 6.07) is 29.0. The van der Waals surface area contributed by atoms with Crippen molar-refractivity contribution in [1.29, 1.82) is 0 Å². The lowest BCUT2D eigenvalue weighted by Crippen LogP contribution is -2.41. The Bertz CT molecular complexity index is 1530. The maximum atomic E-state index is 13.6. The first kappa shape index (κ1) is 26.1. The predicted molar refractivity (Wildman–Crippen MR) is 148 cm³/mol. The SMILES string of the molecule is C[C@H](NC(=O)CN(c1ccc(Oc2ccccc2)cc1)S(=O)(=O)c1ccccc1)c1ccc2c(c1)OCCO2. The van der Waals surface area contributed by atoms with E-state index in [1.54, 1.807) is 48.5 Å². The van der Waals surface area contributed by atoms with Crippen molar-refractivity contribution in [2.75, 3.05) is 24.1 Å². The van der Waals surface area contributed by atoms with Crippen LogP contribution in [0, 0.1) is 0 Å². The predicted octanol–water partition coefficient (Wildman–Crippen LogP) is 5.32. The van der Waals surface area contributed by atoms with E-state index in [-0.39, 0.29) is 4.90 Å². The summed E-state index contributed by atoms with van der Waals surface area (Å²) in [4.78, 5) is 13.3. The molecule has 8 nitrogen and oxygen atoms in total. The minimum atomic E-state index is -4.04. The second-order valence-electron chi connectivity index (χ2n) is 8.93. The molecule has 1 amide bonds. The fourth-order valence-electron chi connectivity index (χ4n) is 4.17. The molecule has 0 spiro atoms. The number of amides is 1. The Hall–Kier alpha value is -4.50. The highest BCUT2D eigenvalue weighted by atomic mass is 32.2. The van der Waals surface area contributed by atoms with Gasteiger partial charge >= 0.3 is 0 Å². The molecule has 0 unspecified atom stereocenters. The third-order valence-electron chi connectivity index (χ3n) is 6.17. The van der Waals surface area contributed by atoms with Gasteiger partial charge in [0.25, 0.3) is 10.0 Å². The smallest absolute Gasteiger partial charge is 0.264 e. The largest absolute Gasteiger partial charge is 0.486 e. The van der Waals surface area contributed by atoms with Gasteiger partial charge in [0.1, 0.15) is 31.3 Å². The Kier molecular flexibility index (Phi) is 7.69. The summed E-state index contributed by atoms with van der Waals surface area (Å²) in [6.45, 7) is 2.36. The average Bonchev–Trinajstić information content (AvgIpc) is 2.97. The number of nitrogens with one attached hydrogen (secondary N) is 1. The molecular weight excluding hydrogens is 516 g/mol. The number of rotatable bonds is 9. The van der Waals surface area contributed by atoms with Crippen molar-refractivity contribution in [2.24, 2.45) is 0 Å². The normalized spacial score (nSPS) is 13.3. The minimum absolute atomic E-state index is 0.0855. The molecule has 0 aromatic heterocycles. The lowest BCUT2D eigenvalue weighted by atomic mass is 10.1. The third-order valence-corrected chi connectivity index (χ3v) is 7.95. The van der Waals surface area contributed by atoms with E-state index in [4.69, 9.17) is 14.2 Å². The van der Waals surface area contributed by atoms with Gasteiger partial charge < -0.3 is 19.5 Å². The van der Waals surface area contributed by atoms with Gasteiger partial charge in [-0.1, -0.05) is 42.5 Å². The van der Waals surface area contributed by atoms with Gasteiger partial charge in [-0.2, -0.15) is 0 Å². The monoisotopic (exact) mass is 544 g/mol. The molecule has 0 aliphatic carbocycles. The van der Waals surface area contributed by atoms with E-state index in [9.17, 15) is 13.2 Å². The van der Waals surface area contributed by atoms with Crippen molar-refractivity contribution >= 4 is 21.6 Å². The topological polar surface area (TPSA) is 94.2 Å². The second kappa shape index (κ2) is 11.5. The molecular formula is C30H28N2O6S. The second-order valence-corrected chi connectivity index (χ2v) is 10.8. The number of hydrogen-bond acceptors (Lipinski definition) is 6. The molecule has 200 valence electrons. The number of nitrogens with zero attached hydrogens (tertiary/aromatic N) is 1. The van der Waals surface area contributed by atoms with Crippen molar-refractivity contribution in [3.63, 3.8) is 0 Å². The highest BCUT2D eigenvalue weighted by Gasteiger charge is 2.28. The van der Waals surface area contributed by atoms with Crippen molar-refractivity contribution < 1.29 is 27.4 Å². The summed E-state index contributed by atoms with van der Waals surface area (Å²) >= 11 is 0. The van der Waals surface area contributed by atoms with Crippen molar-refractivity contribution in [3.8, 4) is 23.0 Å². The molecule has 4 aromatic carbocycles. The molecule has 0 saturated carbocycles. The lowest BCUT2D eigenvalue weighted by molar-refractivity contribution is -0.120. The Morgan fingerprint density at radius 3 is 2.15 bits per heavy atom.